The summed E-state index contributed by atoms with van der Waals surface area (Å²) >= 11 is 0. The van der Waals surface area contributed by atoms with Gasteiger partial charge in [-0.05, 0) is 0 Å². The van der Waals surface area contributed by atoms with Gasteiger partial charge in [0, 0.05) is 21.3 Å². The van der Waals surface area contributed by atoms with Crippen LogP contribution in [0, 0.1) is 0 Å². The summed E-state index contributed by atoms with van der Waals surface area (Å²) in [6.07, 6.45) is -6.78. The summed E-state index contributed by atoms with van der Waals surface area (Å²) in [5.41, 5.74) is 0. The lowest BCUT2D eigenvalue weighted by Crippen LogP contribution is -2.66. The highest BCUT2D eigenvalue weighted by Crippen LogP contribution is 2.35. The standard InChI is InChI=1S/C21H44O16P2S2/c1-27-4-7-30-10-13-33-17-16(22)18(34-14-11-31-8-5-28-2)21(37-39-41(25)26)19(20(17)36-38-40(23)24)35-15-12-32-9-6-29-3/h16-26H,4-15H2,1-3H3/t16?,17-,18?,19?,20?,21+/m1/s1. The SMILES string of the molecule is COCCOCCOC1C(O)[C@@H](OCCOCCOC)C(OP=S(O)O)C(OCCOCCOC)[C@H]1OP=S(O)O. The van der Waals surface area contributed by atoms with Crippen LogP contribution in [0.5, 0.6) is 0 Å². The van der Waals surface area contributed by atoms with Crippen molar-refractivity contribution < 1.29 is 75.0 Å². The summed E-state index contributed by atoms with van der Waals surface area (Å²) in [4.78, 5) is 0. The molecule has 4 unspecified atom stereocenters. The van der Waals surface area contributed by atoms with Crippen LogP contribution in [0.3, 0.4) is 0 Å². The number of hydrogen-bond donors (Lipinski definition) is 5. The quantitative estimate of drug-likeness (QED) is 0.0674. The van der Waals surface area contributed by atoms with E-state index in [-0.39, 0.29) is 54.8 Å². The van der Waals surface area contributed by atoms with Crippen molar-refractivity contribution in [2.75, 3.05) is 101 Å². The minimum absolute atomic E-state index is 0.0472. The van der Waals surface area contributed by atoms with Gasteiger partial charge in [-0.1, -0.05) is 0 Å². The monoisotopic (exact) mass is 678 g/mol. The van der Waals surface area contributed by atoms with Gasteiger partial charge in [0.15, 0.2) is 0 Å². The minimum atomic E-state index is -2.12. The molecule has 0 bridgehead atoms. The summed E-state index contributed by atoms with van der Waals surface area (Å²) in [6.45, 7) is 2.86. The van der Waals surface area contributed by atoms with Gasteiger partial charge < -0.3 is 75.0 Å². The van der Waals surface area contributed by atoms with Crippen LogP contribution in [-0.2, 0) is 72.9 Å². The lowest BCUT2D eigenvalue weighted by atomic mass is 9.84. The average Bonchev–Trinajstić information content (AvgIpc) is 2.94. The number of methoxy groups -OCH3 is 3. The second-order valence-corrected chi connectivity index (χ2v) is 12.6. The van der Waals surface area contributed by atoms with Crippen molar-refractivity contribution in [3.63, 3.8) is 0 Å². The molecule has 5 N–H and O–H groups in total. The molecule has 0 heterocycles. The zero-order valence-corrected chi connectivity index (χ0v) is 26.8. The van der Waals surface area contributed by atoms with Crippen LogP contribution in [0.15, 0.2) is 0 Å². The number of rotatable bonds is 25. The van der Waals surface area contributed by atoms with E-state index in [1.807, 2.05) is 0 Å². The highest BCUT2D eigenvalue weighted by atomic mass is 32.5. The van der Waals surface area contributed by atoms with Gasteiger partial charge in [-0.25, -0.2) is 0 Å². The number of aliphatic hydroxyl groups excluding tert-OH is 1. The molecule has 1 saturated carbocycles. The van der Waals surface area contributed by atoms with Crippen molar-refractivity contribution in [2.24, 2.45) is 0 Å². The van der Waals surface area contributed by atoms with Crippen LogP contribution >= 0.6 is 15.2 Å². The molecule has 6 atom stereocenters. The van der Waals surface area contributed by atoms with E-state index >= 15 is 0 Å². The maximum absolute atomic E-state index is 11.4. The molecule has 0 amide bonds. The summed E-state index contributed by atoms with van der Waals surface area (Å²) in [7, 11) is -0.0232. The highest BCUT2D eigenvalue weighted by Gasteiger charge is 2.54. The van der Waals surface area contributed by atoms with Crippen molar-refractivity contribution in [3.05, 3.63) is 0 Å². The van der Waals surface area contributed by atoms with Crippen molar-refractivity contribution in [2.45, 2.75) is 36.6 Å². The van der Waals surface area contributed by atoms with Gasteiger partial charge in [-0.15, -0.1) is 0 Å². The summed E-state index contributed by atoms with van der Waals surface area (Å²) in [5, 5.41) is 11.4. The molecule has 0 aliphatic heterocycles. The fourth-order valence-corrected chi connectivity index (χ4v) is 5.48. The number of ether oxygens (including phenoxy) is 9. The fourth-order valence-electron chi connectivity index (χ4n) is 3.59. The van der Waals surface area contributed by atoms with E-state index in [1.165, 1.54) is 0 Å². The van der Waals surface area contributed by atoms with Crippen LogP contribution in [0.1, 0.15) is 0 Å². The van der Waals surface area contributed by atoms with Crippen LogP contribution in [0.4, 0.5) is 0 Å². The largest absolute Gasteiger partial charge is 0.387 e. The van der Waals surface area contributed by atoms with Crippen molar-refractivity contribution >= 4 is 36.4 Å². The van der Waals surface area contributed by atoms with Crippen molar-refractivity contribution in [3.8, 4) is 0 Å². The van der Waals surface area contributed by atoms with E-state index in [0.29, 0.717) is 39.6 Å². The Bertz CT molecular complexity index is 656. The van der Waals surface area contributed by atoms with Crippen molar-refractivity contribution in [1.29, 1.82) is 0 Å². The molecule has 0 aromatic rings. The Morgan fingerprint density at radius 2 is 0.780 bits per heavy atom. The third-order valence-corrected chi connectivity index (χ3v) is 7.58. The maximum Gasteiger partial charge on any atom is 0.147 e. The van der Waals surface area contributed by atoms with Crippen LogP contribution in [0.2, 0.25) is 0 Å². The van der Waals surface area contributed by atoms with E-state index in [1.54, 1.807) is 21.3 Å². The summed E-state index contributed by atoms with van der Waals surface area (Å²) in [5.74, 6) is 0. The molecule has 246 valence electrons. The van der Waals surface area contributed by atoms with Gasteiger partial charge in [-0.3, -0.25) is 0 Å². The van der Waals surface area contributed by atoms with Gasteiger partial charge in [0.05, 0.1) is 79.3 Å². The van der Waals surface area contributed by atoms with E-state index in [9.17, 15) is 23.3 Å². The molecule has 1 rings (SSSR count). The van der Waals surface area contributed by atoms with Crippen LogP contribution in [0.25, 0.3) is 0 Å². The Balaban J connectivity index is 3.20. The number of hydrogen-bond acceptors (Lipinski definition) is 12. The molecular weight excluding hydrogens is 634 g/mol. The lowest BCUT2D eigenvalue weighted by Gasteiger charge is -2.47. The van der Waals surface area contributed by atoms with Gasteiger partial charge in [0.2, 0.25) is 0 Å². The predicted molar refractivity (Wildman–Crippen MR) is 152 cm³/mol. The molecule has 0 aromatic carbocycles. The Kier molecular flexibility index (Phi) is 25.1. The van der Waals surface area contributed by atoms with E-state index < -0.39 is 57.9 Å². The van der Waals surface area contributed by atoms with Gasteiger partial charge in [0.1, 0.15) is 73.1 Å². The highest BCUT2D eigenvalue weighted by molar-refractivity contribution is 8.12. The Labute approximate surface area is 248 Å². The first-order valence-electron chi connectivity index (χ1n) is 12.6. The van der Waals surface area contributed by atoms with Crippen LogP contribution in [-0.4, -0.2) is 161 Å². The number of aliphatic hydroxyl groups is 1. The summed E-state index contributed by atoms with van der Waals surface area (Å²) < 4.78 is 98.7. The smallest absolute Gasteiger partial charge is 0.147 e. The minimum Gasteiger partial charge on any atom is -0.387 e. The molecule has 41 heavy (non-hydrogen) atoms. The molecule has 1 aliphatic carbocycles. The van der Waals surface area contributed by atoms with Crippen LogP contribution < -0.4 is 0 Å². The Morgan fingerprint density at radius 1 is 0.463 bits per heavy atom. The Morgan fingerprint density at radius 3 is 1.10 bits per heavy atom. The fraction of sp³-hybridized carbons (Fsp3) is 1.00. The lowest BCUT2D eigenvalue weighted by molar-refractivity contribution is -0.245. The zero-order valence-electron chi connectivity index (χ0n) is 23.4. The van der Waals surface area contributed by atoms with E-state index in [4.69, 9.17) is 51.7 Å². The van der Waals surface area contributed by atoms with E-state index in [2.05, 4.69) is 0 Å². The normalized spacial score (nSPS) is 25.2. The topological polar surface area (TPSA) is 203 Å². The van der Waals surface area contributed by atoms with Gasteiger partial charge in [0.25, 0.3) is 0 Å². The molecule has 0 spiro atoms. The van der Waals surface area contributed by atoms with Crippen molar-refractivity contribution in [1.82, 2.24) is 0 Å². The zero-order chi connectivity index (χ0) is 30.3. The molecule has 0 aromatic heterocycles. The van der Waals surface area contributed by atoms with E-state index in [0.717, 1.165) is 0 Å². The third-order valence-electron chi connectivity index (χ3n) is 5.34. The second-order valence-electron chi connectivity index (χ2n) is 8.09. The first-order valence-corrected chi connectivity index (χ1v) is 17.7. The first kappa shape index (κ1) is 39.7. The summed E-state index contributed by atoms with van der Waals surface area (Å²) in [6, 6.07) is 0. The predicted octanol–water partition coefficient (Wildman–Crippen LogP) is 0.957. The molecule has 0 saturated heterocycles. The molecule has 0 radical (unpaired) electrons. The average molecular weight is 679 g/mol. The van der Waals surface area contributed by atoms with Gasteiger partial charge in [-0.2, -0.15) is 0 Å². The third kappa shape index (κ3) is 17.7. The Hall–Kier alpha value is 0.660. The second kappa shape index (κ2) is 25.9. The maximum atomic E-state index is 11.4. The molecule has 1 fully saturated rings. The molecule has 16 nitrogen and oxygen atoms in total. The molecule has 20 heteroatoms. The van der Waals surface area contributed by atoms with Gasteiger partial charge >= 0.3 is 0 Å². The first-order chi connectivity index (χ1) is 19.9. The molecular formula is C21H44O16P2S2. The molecule has 1 aliphatic rings.